The van der Waals surface area contributed by atoms with Crippen molar-refractivity contribution in [1.82, 2.24) is 10.2 Å². The van der Waals surface area contributed by atoms with E-state index < -0.39 is 11.5 Å². The Kier molecular flexibility index (Phi) is 4.01. The second kappa shape index (κ2) is 4.94. The molecule has 1 fully saturated rings. The van der Waals surface area contributed by atoms with Crippen LogP contribution in [0, 0.1) is 5.92 Å². The molecule has 1 aliphatic carbocycles. The number of amides is 2. The number of rotatable bonds is 3. The van der Waals surface area contributed by atoms with E-state index in [1.807, 2.05) is 0 Å². The first-order valence-corrected chi connectivity index (χ1v) is 6.04. The fourth-order valence-electron chi connectivity index (χ4n) is 2.01. The van der Waals surface area contributed by atoms with Crippen molar-refractivity contribution in [1.29, 1.82) is 0 Å². The summed E-state index contributed by atoms with van der Waals surface area (Å²) in [7, 11) is 1.52. The fourth-order valence-corrected chi connectivity index (χ4v) is 2.01. The molecule has 0 saturated heterocycles. The van der Waals surface area contributed by atoms with Crippen molar-refractivity contribution in [3.05, 3.63) is 0 Å². The molecular weight excluding hydrogens is 220 g/mol. The maximum atomic E-state index is 11.9. The van der Waals surface area contributed by atoms with Gasteiger partial charge in [0.1, 0.15) is 5.54 Å². The van der Waals surface area contributed by atoms with Gasteiger partial charge in [-0.25, -0.2) is 9.59 Å². The minimum atomic E-state index is -1.19. The highest BCUT2D eigenvalue weighted by Gasteiger charge is 2.36. The number of nitrogens with one attached hydrogen (secondary N) is 1. The Morgan fingerprint density at radius 3 is 2.35 bits per heavy atom. The smallest absolute Gasteiger partial charge is 0.329 e. The van der Waals surface area contributed by atoms with Gasteiger partial charge in [0.15, 0.2) is 0 Å². The van der Waals surface area contributed by atoms with Crippen LogP contribution in [0.25, 0.3) is 0 Å². The van der Waals surface area contributed by atoms with Gasteiger partial charge in [-0.1, -0.05) is 13.3 Å². The molecule has 0 spiro atoms. The minimum Gasteiger partial charge on any atom is -0.480 e. The molecule has 1 aliphatic rings. The summed E-state index contributed by atoms with van der Waals surface area (Å²) >= 11 is 0. The van der Waals surface area contributed by atoms with Gasteiger partial charge >= 0.3 is 12.0 Å². The van der Waals surface area contributed by atoms with Gasteiger partial charge in [-0.15, -0.1) is 0 Å². The van der Waals surface area contributed by atoms with E-state index in [2.05, 4.69) is 12.2 Å². The molecule has 0 aromatic heterocycles. The van der Waals surface area contributed by atoms with Crippen molar-refractivity contribution < 1.29 is 14.7 Å². The summed E-state index contributed by atoms with van der Waals surface area (Å²) in [5.41, 5.74) is -1.19. The molecule has 0 heterocycles. The molecule has 1 saturated carbocycles. The Bertz CT molecular complexity index is 315. The second-order valence-corrected chi connectivity index (χ2v) is 5.39. The first-order valence-electron chi connectivity index (χ1n) is 6.04. The lowest BCUT2D eigenvalue weighted by Gasteiger charge is -2.33. The summed E-state index contributed by atoms with van der Waals surface area (Å²) in [6.45, 7) is 5.15. The van der Waals surface area contributed by atoms with Crippen LogP contribution in [0.3, 0.4) is 0 Å². The molecular formula is C12H22N2O3. The molecule has 1 rings (SSSR count). The molecule has 2 amide bonds. The zero-order chi connectivity index (χ0) is 13.2. The van der Waals surface area contributed by atoms with E-state index in [1.54, 1.807) is 0 Å². The number of carboxylic acid groups (broad SMARTS) is 1. The Morgan fingerprint density at radius 2 is 1.94 bits per heavy atom. The molecule has 0 bridgehead atoms. The van der Waals surface area contributed by atoms with Gasteiger partial charge < -0.3 is 15.3 Å². The number of urea groups is 1. The quantitative estimate of drug-likeness (QED) is 0.791. The van der Waals surface area contributed by atoms with E-state index in [0.717, 1.165) is 19.3 Å². The Balaban J connectivity index is 2.61. The van der Waals surface area contributed by atoms with Crippen molar-refractivity contribution in [2.75, 3.05) is 7.05 Å². The summed E-state index contributed by atoms with van der Waals surface area (Å²) < 4.78 is 0. The average molecular weight is 242 g/mol. The van der Waals surface area contributed by atoms with Gasteiger partial charge in [0.25, 0.3) is 0 Å². The highest BCUT2D eigenvalue weighted by Crippen LogP contribution is 2.25. The van der Waals surface area contributed by atoms with Gasteiger partial charge in [-0.3, -0.25) is 0 Å². The Morgan fingerprint density at radius 1 is 1.35 bits per heavy atom. The summed E-state index contributed by atoms with van der Waals surface area (Å²) in [5, 5.41) is 12.0. The third-order valence-electron chi connectivity index (χ3n) is 3.84. The van der Waals surface area contributed by atoms with Crippen molar-refractivity contribution in [2.45, 2.75) is 51.6 Å². The summed E-state index contributed by atoms with van der Waals surface area (Å²) in [6, 6.07) is -0.134. The van der Waals surface area contributed by atoms with Gasteiger partial charge in [0.05, 0.1) is 0 Å². The molecule has 0 aliphatic heterocycles. The molecule has 2 N–H and O–H groups in total. The van der Waals surface area contributed by atoms with Crippen LogP contribution in [0.5, 0.6) is 0 Å². The molecule has 98 valence electrons. The number of hydrogen-bond acceptors (Lipinski definition) is 2. The van der Waals surface area contributed by atoms with Gasteiger partial charge in [0.2, 0.25) is 0 Å². The topological polar surface area (TPSA) is 69.6 Å². The summed E-state index contributed by atoms with van der Waals surface area (Å²) in [6.07, 6.45) is 3.23. The molecule has 17 heavy (non-hydrogen) atoms. The minimum absolute atomic E-state index is 0.176. The summed E-state index contributed by atoms with van der Waals surface area (Å²) in [4.78, 5) is 24.2. The van der Waals surface area contributed by atoms with Crippen LogP contribution in [0.1, 0.15) is 40.0 Å². The lowest BCUT2D eigenvalue weighted by Crippen LogP contribution is -2.55. The van der Waals surface area contributed by atoms with Crippen LogP contribution in [0.15, 0.2) is 0 Å². The predicted octanol–water partition coefficient (Wildman–Crippen LogP) is 1.68. The zero-order valence-corrected chi connectivity index (χ0v) is 11.0. The normalized spacial score (nSPS) is 24.5. The molecule has 2 atom stereocenters. The van der Waals surface area contributed by atoms with E-state index in [1.165, 1.54) is 25.8 Å². The Labute approximate surface area is 102 Å². The predicted molar refractivity (Wildman–Crippen MR) is 64.8 cm³/mol. The number of carboxylic acids is 1. The van der Waals surface area contributed by atoms with Crippen LogP contribution in [0.2, 0.25) is 0 Å². The maximum Gasteiger partial charge on any atom is 0.329 e. The lowest BCUT2D eigenvalue weighted by atomic mass is 10.0. The molecule has 0 radical (unpaired) electrons. The summed E-state index contributed by atoms with van der Waals surface area (Å²) in [5.74, 6) is -0.532. The fraction of sp³-hybridized carbons (Fsp3) is 0.833. The van der Waals surface area contributed by atoms with E-state index in [0.29, 0.717) is 5.92 Å². The van der Waals surface area contributed by atoms with E-state index in [-0.39, 0.29) is 12.1 Å². The Hall–Kier alpha value is -1.26. The number of likely N-dealkylation sites (N-methyl/N-ethyl adjacent to an activating group) is 1. The number of hydrogen-bond donors (Lipinski definition) is 2. The number of nitrogens with zero attached hydrogens (tertiary/aromatic N) is 1. The van der Waals surface area contributed by atoms with Crippen molar-refractivity contribution in [2.24, 2.45) is 5.92 Å². The monoisotopic (exact) mass is 242 g/mol. The van der Waals surface area contributed by atoms with E-state index >= 15 is 0 Å². The van der Waals surface area contributed by atoms with Gasteiger partial charge in [0, 0.05) is 13.1 Å². The average Bonchev–Trinajstić information content (AvgIpc) is 2.63. The van der Waals surface area contributed by atoms with Crippen molar-refractivity contribution >= 4 is 12.0 Å². The van der Waals surface area contributed by atoms with Crippen LogP contribution in [-0.4, -0.2) is 40.6 Å². The molecule has 0 aromatic carbocycles. The van der Waals surface area contributed by atoms with E-state index in [4.69, 9.17) is 5.11 Å². The highest BCUT2D eigenvalue weighted by atomic mass is 16.4. The molecule has 2 unspecified atom stereocenters. The maximum absolute atomic E-state index is 11.9. The molecule has 5 nitrogen and oxygen atoms in total. The first-order chi connectivity index (χ1) is 7.76. The van der Waals surface area contributed by atoms with Crippen LogP contribution in [-0.2, 0) is 4.79 Å². The van der Waals surface area contributed by atoms with Gasteiger partial charge in [-0.2, -0.15) is 0 Å². The van der Waals surface area contributed by atoms with Gasteiger partial charge in [-0.05, 0) is 32.6 Å². The SMILES string of the molecule is CC1CCCC1NC(=O)N(C)C(C)(C)C(=O)O. The van der Waals surface area contributed by atoms with Crippen molar-refractivity contribution in [3.63, 3.8) is 0 Å². The molecule has 5 heteroatoms. The highest BCUT2D eigenvalue weighted by molar-refractivity contribution is 5.85. The standard InChI is InChI=1S/C12H22N2O3/c1-8-6-5-7-9(8)13-11(17)14(4)12(2,3)10(15)16/h8-9H,5-7H2,1-4H3,(H,13,17)(H,15,16). The number of carbonyl (C=O) groups excluding carboxylic acids is 1. The van der Waals surface area contributed by atoms with E-state index in [9.17, 15) is 9.59 Å². The zero-order valence-electron chi connectivity index (χ0n) is 11.0. The second-order valence-electron chi connectivity index (χ2n) is 5.39. The number of aliphatic carboxylic acids is 1. The van der Waals surface area contributed by atoms with Crippen LogP contribution >= 0.6 is 0 Å². The third kappa shape index (κ3) is 2.90. The van der Waals surface area contributed by atoms with Crippen molar-refractivity contribution in [3.8, 4) is 0 Å². The lowest BCUT2D eigenvalue weighted by molar-refractivity contribution is -0.146. The first kappa shape index (κ1) is 13.8. The third-order valence-corrected chi connectivity index (χ3v) is 3.84. The van der Waals surface area contributed by atoms with Crippen LogP contribution in [0.4, 0.5) is 4.79 Å². The largest absolute Gasteiger partial charge is 0.480 e. The van der Waals surface area contributed by atoms with Crippen LogP contribution < -0.4 is 5.32 Å². The molecule has 0 aromatic rings. The number of carbonyl (C=O) groups is 2.